The lowest BCUT2D eigenvalue weighted by molar-refractivity contribution is -0.141. The summed E-state index contributed by atoms with van der Waals surface area (Å²) in [5.74, 6) is -0.462. The Labute approximate surface area is 135 Å². The van der Waals surface area contributed by atoms with E-state index in [1.165, 1.54) is 0 Å². The molecule has 0 spiro atoms. The van der Waals surface area contributed by atoms with Gasteiger partial charge in [0.05, 0.1) is 24.3 Å². The summed E-state index contributed by atoms with van der Waals surface area (Å²) in [5, 5.41) is 5.38. The summed E-state index contributed by atoms with van der Waals surface area (Å²) in [6.45, 7) is 6.03. The number of benzene rings is 1. The molecule has 1 aromatic rings. The van der Waals surface area contributed by atoms with Gasteiger partial charge < -0.3 is 20.1 Å². The smallest absolute Gasteiger partial charge is 0.338 e. The highest BCUT2D eigenvalue weighted by Gasteiger charge is 2.31. The van der Waals surface area contributed by atoms with Crippen LogP contribution in [-0.4, -0.2) is 31.3 Å². The van der Waals surface area contributed by atoms with Gasteiger partial charge >= 0.3 is 12.0 Å². The van der Waals surface area contributed by atoms with Crippen LogP contribution in [-0.2, 0) is 14.3 Å². The third-order valence-electron chi connectivity index (χ3n) is 3.39. The Morgan fingerprint density at radius 1 is 1.22 bits per heavy atom. The zero-order chi connectivity index (χ0) is 16.8. The molecule has 1 aliphatic heterocycles. The first-order chi connectivity index (χ1) is 11.0. The molecule has 2 N–H and O–H groups in total. The number of urea groups is 1. The van der Waals surface area contributed by atoms with Crippen LogP contribution in [0.2, 0.25) is 0 Å². The van der Waals surface area contributed by atoms with E-state index >= 15 is 0 Å². The van der Waals surface area contributed by atoms with E-state index in [1.54, 1.807) is 6.92 Å². The number of nitrogens with one attached hydrogen (secondary N) is 2. The number of hydrogen-bond donors (Lipinski definition) is 2. The van der Waals surface area contributed by atoms with E-state index in [-0.39, 0.29) is 18.7 Å². The van der Waals surface area contributed by atoms with Crippen molar-refractivity contribution >= 4 is 12.0 Å². The number of amides is 2. The van der Waals surface area contributed by atoms with Gasteiger partial charge in [0.1, 0.15) is 6.61 Å². The highest BCUT2D eigenvalue weighted by Crippen LogP contribution is 2.27. The average Bonchev–Trinajstić information content (AvgIpc) is 2.51. The number of carbonyl (C=O) groups excluding carboxylic acids is 2. The fraction of sp³-hybridized carbons (Fsp3) is 0.412. The maximum absolute atomic E-state index is 12.4. The van der Waals surface area contributed by atoms with E-state index in [0.717, 1.165) is 5.56 Å². The lowest BCUT2D eigenvalue weighted by Gasteiger charge is -2.28. The van der Waals surface area contributed by atoms with Gasteiger partial charge in [0, 0.05) is 5.70 Å². The van der Waals surface area contributed by atoms with Gasteiger partial charge in [-0.15, -0.1) is 0 Å². The molecule has 0 fully saturated rings. The summed E-state index contributed by atoms with van der Waals surface area (Å²) in [4.78, 5) is 24.1. The first-order valence-corrected chi connectivity index (χ1v) is 7.61. The van der Waals surface area contributed by atoms with Gasteiger partial charge in [-0.1, -0.05) is 30.3 Å². The number of rotatable bonds is 6. The molecular formula is C17H22N2O4. The second-order valence-corrected chi connectivity index (χ2v) is 5.54. The minimum Gasteiger partial charge on any atom is -0.460 e. The van der Waals surface area contributed by atoms with Crippen molar-refractivity contribution in [3.63, 3.8) is 0 Å². The molecule has 23 heavy (non-hydrogen) atoms. The van der Waals surface area contributed by atoms with E-state index in [9.17, 15) is 9.59 Å². The lowest BCUT2D eigenvalue weighted by Crippen LogP contribution is -2.45. The number of ether oxygens (including phenoxy) is 2. The van der Waals surface area contributed by atoms with Crippen molar-refractivity contribution in [3.8, 4) is 0 Å². The zero-order valence-corrected chi connectivity index (χ0v) is 13.6. The summed E-state index contributed by atoms with van der Waals surface area (Å²) in [5.41, 5.74) is 1.73. The standard InChI is InChI=1S/C17H22N2O4/c1-11(2)22-9-10-23-16(20)14-12(3)18-17(21)19-15(14)13-7-5-4-6-8-13/h4-8,11,15H,9-10H2,1-3H3,(H2,18,19,21)/t15-/m0/s1. The fourth-order valence-electron chi connectivity index (χ4n) is 2.36. The summed E-state index contributed by atoms with van der Waals surface area (Å²) >= 11 is 0. The first-order valence-electron chi connectivity index (χ1n) is 7.61. The third-order valence-corrected chi connectivity index (χ3v) is 3.39. The van der Waals surface area contributed by atoms with Gasteiger partial charge in [-0.3, -0.25) is 0 Å². The van der Waals surface area contributed by atoms with Crippen molar-refractivity contribution in [2.24, 2.45) is 0 Å². The van der Waals surface area contributed by atoms with Crippen LogP contribution in [0.4, 0.5) is 4.79 Å². The molecule has 6 nitrogen and oxygen atoms in total. The molecule has 1 heterocycles. The van der Waals surface area contributed by atoms with E-state index in [2.05, 4.69) is 10.6 Å². The quantitative estimate of drug-likeness (QED) is 0.623. The summed E-state index contributed by atoms with van der Waals surface area (Å²) < 4.78 is 10.6. The molecule has 124 valence electrons. The van der Waals surface area contributed by atoms with Crippen LogP contribution < -0.4 is 10.6 Å². The Bertz CT molecular complexity index is 596. The maximum Gasteiger partial charge on any atom is 0.338 e. The van der Waals surface area contributed by atoms with Crippen LogP contribution in [0.5, 0.6) is 0 Å². The monoisotopic (exact) mass is 318 g/mol. The minimum absolute atomic E-state index is 0.0855. The van der Waals surface area contributed by atoms with Crippen molar-refractivity contribution in [3.05, 3.63) is 47.2 Å². The fourth-order valence-corrected chi connectivity index (χ4v) is 2.36. The molecule has 0 bridgehead atoms. The highest BCUT2D eigenvalue weighted by molar-refractivity contribution is 5.95. The highest BCUT2D eigenvalue weighted by atomic mass is 16.6. The van der Waals surface area contributed by atoms with Gasteiger partial charge in [-0.25, -0.2) is 9.59 Å². The normalized spacial score (nSPS) is 17.7. The Balaban J connectivity index is 2.13. The molecule has 0 radical (unpaired) electrons. The predicted octanol–water partition coefficient (Wildman–Crippen LogP) is 2.28. The van der Waals surface area contributed by atoms with Crippen LogP contribution in [0.25, 0.3) is 0 Å². The van der Waals surface area contributed by atoms with Gasteiger partial charge in [0.15, 0.2) is 0 Å². The summed E-state index contributed by atoms with van der Waals surface area (Å²) in [7, 11) is 0. The molecule has 0 saturated heterocycles. The van der Waals surface area contributed by atoms with Crippen LogP contribution in [0, 0.1) is 0 Å². The lowest BCUT2D eigenvalue weighted by atomic mass is 9.96. The number of allylic oxidation sites excluding steroid dienone is 1. The van der Waals surface area contributed by atoms with Crippen molar-refractivity contribution in [2.45, 2.75) is 32.9 Å². The van der Waals surface area contributed by atoms with Crippen LogP contribution in [0.1, 0.15) is 32.4 Å². The molecule has 0 aliphatic carbocycles. The second kappa shape index (κ2) is 7.78. The first kappa shape index (κ1) is 17.0. The SMILES string of the molecule is CC1=C(C(=O)OCCOC(C)C)[C@H](c2ccccc2)NC(=O)N1. The van der Waals surface area contributed by atoms with Crippen molar-refractivity contribution in [1.29, 1.82) is 0 Å². The second-order valence-electron chi connectivity index (χ2n) is 5.54. The molecule has 1 aliphatic rings. The Kier molecular flexibility index (Phi) is 5.76. The minimum atomic E-state index is -0.525. The van der Waals surface area contributed by atoms with E-state index in [1.807, 2.05) is 44.2 Å². The van der Waals surface area contributed by atoms with Gasteiger partial charge in [-0.05, 0) is 26.3 Å². The maximum atomic E-state index is 12.4. The van der Waals surface area contributed by atoms with Gasteiger partial charge in [-0.2, -0.15) is 0 Å². The van der Waals surface area contributed by atoms with Crippen molar-refractivity contribution < 1.29 is 19.1 Å². The molecule has 6 heteroatoms. The summed E-state index contributed by atoms with van der Waals surface area (Å²) in [6.07, 6.45) is 0.0855. The van der Waals surface area contributed by atoms with Gasteiger partial charge in [0.25, 0.3) is 0 Å². The van der Waals surface area contributed by atoms with Crippen molar-refractivity contribution in [1.82, 2.24) is 10.6 Å². The summed E-state index contributed by atoms with van der Waals surface area (Å²) in [6, 6.07) is 8.46. The molecule has 0 aromatic heterocycles. The molecular weight excluding hydrogens is 296 g/mol. The Morgan fingerprint density at radius 2 is 1.91 bits per heavy atom. The molecule has 0 unspecified atom stereocenters. The largest absolute Gasteiger partial charge is 0.460 e. The molecule has 2 amide bonds. The Hall–Kier alpha value is -2.34. The predicted molar refractivity (Wildman–Crippen MR) is 85.6 cm³/mol. The molecule has 1 atom stereocenters. The van der Waals surface area contributed by atoms with Crippen LogP contribution >= 0.6 is 0 Å². The molecule has 0 saturated carbocycles. The Morgan fingerprint density at radius 3 is 2.57 bits per heavy atom. The van der Waals surface area contributed by atoms with Crippen LogP contribution in [0.15, 0.2) is 41.6 Å². The topological polar surface area (TPSA) is 76.7 Å². The molecule has 2 rings (SSSR count). The zero-order valence-electron chi connectivity index (χ0n) is 13.6. The van der Waals surface area contributed by atoms with Gasteiger partial charge in [0.2, 0.25) is 0 Å². The molecule has 1 aromatic carbocycles. The van der Waals surface area contributed by atoms with Crippen molar-refractivity contribution in [2.75, 3.05) is 13.2 Å². The third kappa shape index (κ3) is 4.56. The van der Waals surface area contributed by atoms with E-state index in [0.29, 0.717) is 17.9 Å². The van der Waals surface area contributed by atoms with E-state index < -0.39 is 12.0 Å². The van der Waals surface area contributed by atoms with Crippen LogP contribution in [0.3, 0.4) is 0 Å². The number of esters is 1. The average molecular weight is 318 g/mol. The van der Waals surface area contributed by atoms with E-state index in [4.69, 9.17) is 9.47 Å². The number of hydrogen-bond acceptors (Lipinski definition) is 4. The number of carbonyl (C=O) groups is 2.